The molecule has 1 unspecified atom stereocenters. The summed E-state index contributed by atoms with van der Waals surface area (Å²) in [6.45, 7) is 5.05. The van der Waals surface area contributed by atoms with E-state index >= 15 is 0 Å². The molecule has 1 aromatic heterocycles. The Labute approximate surface area is 106 Å². The van der Waals surface area contributed by atoms with Gasteiger partial charge in [-0.15, -0.1) is 0 Å². The van der Waals surface area contributed by atoms with Gasteiger partial charge in [0.2, 0.25) is 6.79 Å². The Morgan fingerprint density at radius 1 is 1.28 bits per heavy atom. The van der Waals surface area contributed by atoms with Crippen molar-refractivity contribution in [3.05, 3.63) is 29.5 Å². The molecule has 0 fully saturated rings. The van der Waals surface area contributed by atoms with Crippen LogP contribution in [0.4, 0.5) is 0 Å². The molecule has 3 rings (SSSR count). The van der Waals surface area contributed by atoms with Gasteiger partial charge in [-0.25, -0.2) is 0 Å². The van der Waals surface area contributed by atoms with Gasteiger partial charge in [-0.2, -0.15) is 0 Å². The third kappa shape index (κ3) is 1.69. The van der Waals surface area contributed by atoms with Gasteiger partial charge in [0.05, 0.1) is 5.52 Å². The molecule has 0 amide bonds. The molecular formula is C14H16N2O2. The molecule has 2 aromatic rings. The summed E-state index contributed by atoms with van der Waals surface area (Å²) in [6, 6.07) is 6.05. The normalized spacial score (nSPS) is 15.1. The maximum atomic E-state index is 5.72. The summed E-state index contributed by atoms with van der Waals surface area (Å²) in [7, 11) is 0. The number of hydrogen-bond acceptors (Lipinski definition) is 4. The highest BCUT2D eigenvalue weighted by Gasteiger charge is 2.16. The largest absolute Gasteiger partial charge is 0.454 e. The molecule has 1 atom stereocenters. The van der Waals surface area contributed by atoms with Gasteiger partial charge in [0.15, 0.2) is 11.5 Å². The molecule has 0 aliphatic carbocycles. The summed E-state index contributed by atoms with van der Waals surface area (Å²) in [5.74, 6) is 1.83. The molecule has 4 heteroatoms. The number of fused-ring (bicyclic) bond motifs is 2. The van der Waals surface area contributed by atoms with Crippen molar-refractivity contribution in [1.29, 1.82) is 0 Å². The van der Waals surface area contributed by atoms with Crippen LogP contribution in [0.1, 0.15) is 24.1 Å². The van der Waals surface area contributed by atoms with E-state index in [4.69, 9.17) is 20.2 Å². The Kier molecular flexibility index (Phi) is 2.59. The fourth-order valence-electron chi connectivity index (χ4n) is 2.30. The van der Waals surface area contributed by atoms with Gasteiger partial charge in [-0.1, -0.05) is 6.92 Å². The van der Waals surface area contributed by atoms with E-state index < -0.39 is 0 Å². The maximum absolute atomic E-state index is 5.72. The molecular weight excluding hydrogens is 228 g/mol. The molecule has 0 spiro atoms. The number of pyridine rings is 1. The molecule has 0 bridgehead atoms. The number of aryl methyl sites for hydroxylation is 1. The van der Waals surface area contributed by atoms with Gasteiger partial charge < -0.3 is 15.2 Å². The van der Waals surface area contributed by atoms with Crippen molar-refractivity contribution in [3.63, 3.8) is 0 Å². The highest BCUT2D eigenvalue weighted by Crippen LogP contribution is 2.36. The van der Waals surface area contributed by atoms with E-state index in [0.29, 0.717) is 6.54 Å². The summed E-state index contributed by atoms with van der Waals surface area (Å²) in [4.78, 5) is 4.71. The van der Waals surface area contributed by atoms with Gasteiger partial charge in [0.1, 0.15) is 0 Å². The molecule has 0 saturated heterocycles. The van der Waals surface area contributed by atoms with Crippen molar-refractivity contribution in [2.75, 3.05) is 13.3 Å². The predicted molar refractivity (Wildman–Crippen MR) is 70.1 cm³/mol. The molecule has 2 N–H and O–H groups in total. The summed E-state index contributed by atoms with van der Waals surface area (Å²) in [5.41, 5.74) is 8.88. The van der Waals surface area contributed by atoms with Crippen LogP contribution >= 0.6 is 0 Å². The van der Waals surface area contributed by atoms with Crippen LogP contribution in [0.15, 0.2) is 18.2 Å². The smallest absolute Gasteiger partial charge is 0.231 e. The quantitative estimate of drug-likeness (QED) is 0.880. The fraction of sp³-hybridized carbons (Fsp3) is 0.357. The molecule has 18 heavy (non-hydrogen) atoms. The predicted octanol–water partition coefficient (Wildman–Crippen LogP) is 2.33. The lowest BCUT2D eigenvalue weighted by molar-refractivity contribution is 0.174. The number of benzene rings is 1. The molecule has 4 nitrogen and oxygen atoms in total. The number of hydrogen-bond donors (Lipinski definition) is 1. The summed E-state index contributed by atoms with van der Waals surface area (Å²) >= 11 is 0. The molecule has 1 aromatic carbocycles. The molecule has 0 saturated carbocycles. The maximum Gasteiger partial charge on any atom is 0.231 e. The lowest BCUT2D eigenvalue weighted by Gasteiger charge is -2.12. The second-order valence-corrected chi connectivity index (χ2v) is 4.73. The molecule has 1 aliphatic rings. The van der Waals surface area contributed by atoms with E-state index in [1.54, 1.807) is 0 Å². The van der Waals surface area contributed by atoms with Crippen molar-refractivity contribution in [2.24, 2.45) is 5.73 Å². The van der Waals surface area contributed by atoms with Gasteiger partial charge in [-0.05, 0) is 24.6 Å². The van der Waals surface area contributed by atoms with Gasteiger partial charge in [0, 0.05) is 29.6 Å². The number of aromatic nitrogens is 1. The second-order valence-electron chi connectivity index (χ2n) is 4.73. The SMILES string of the molecule is Cc1cc2cc3c(cc2nc1C(C)CN)OCO3. The monoisotopic (exact) mass is 244 g/mol. The second kappa shape index (κ2) is 4.14. The van der Waals surface area contributed by atoms with Crippen molar-refractivity contribution in [3.8, 4) is 11.5 Å². The highest BCUT2D eigenvalue weighted by atomic mass is 16.7. The third-order valence-corrected chi connectivity index (χ3v) is 3.36. The van der Waals surface area contributed by atoms with Crippen LogP contribution in [0, 0.1) is 6.92 Å². The molecule has 94 valence electrons. The number of ether oxygens (including phenoxy) is 2. The first kappa shape index (κ1) is 11.3. The van der Waals surface area contributed by atoms with Crippen molar-refractivity contribution in [1.82, 2.24) is 4.98 Å². The first-order valence-electron chi connectivity index (χ1n) is 6.10. The van der Waals surface area contributed by atoms with Gasteiger partial charge >= 0.3 is 0 Å². The minimum atomic E-state index is 0.264. The molecule has 2 heterocycles. The summed E-state index contributed by atoms with van der Waals surface area (Å²) < 4.78 is 10.8. The fourth-order valence-corrected chi connectivity index (χ4v) is 2.30. The Balaban J connectivity index is 2.19. The Morgan fingerprint density at radius 3 is 2.72 bits per heavy atom. The van der Waals surface area contributed by atoms with Gasteiger partial charge in [-0.3, -0.25) is 4.98 Å². The lowest BCUT2D eigenvalue weighted by atomic mass is 10.0. The van der Waals surface area contributed by atoms with E-state index in [-0.39, 0.29) is 12.7 Å². The van der Waals surface area contributed by atoms with Crippen LogP contribution in [0.2, 0.25) is 0 Å². The molecule has 1 aliphatic heterocycles. The van der Waals surface area contributed by atoms with Crippen molar-refractivity contribution in [2.45, 2.75) is 19.8 Å². The first-order valence-corrected chi connectivity index (χ1v) is 6.10. The van der Waals surface area contributed by atoms with Crippen LogP contribution in [0.3, 0.4) is 0 Å². The topological polar surface area (TPSA) is 57.4 Å². The summed E-state index contributed by atoms with van der Waals surface area (Å²) in [5, 5.41) is 1.07. The highest BCUT2D eigenvalue weighted by molar-refractivity contribution is 5.83. The zero-order valence-corrected chi connectivity index (χ0v) is 10.6. The Morgan fingerprint density at radius 2 is 2.00 bits per heavy atom. The average molecular weight is 244 g/mol. The third-order valence-electron chi connectivity index (χ3n) is 3.36. The van der Waals surface area contributed by atoms with E-state index in [1.165, 1.54) is 5.56 Å². The standard InChI is InChI=1S/C14H16N2O2/c1-8-3-10-4-12-13(18-7-17-12)5-11(10)16-14(8)9(2)6-15/h3-5,9H,6-7,15H2,1-2H3. The van der Waals surface area contributed by atoms with Crippen LogP contribution in [-0.2, 0) is 0 Å². The first-order chi connectivity index (χ1) is 8.69. The number of nitrogens with two attached hydrogens (primary N) is 1. The zero-order valence-electron chi connectivity index (χ0n) is 10.6. The van der Waals surface area contributed by atoms with Crippen LogP contribution in [0.5, 0.6) is 11.5 Å². The minimum absolute atomic E-state index is 0.264. The van der Waals surface area contributed by atoms with E-state index in [0.717, 1.165) is 28.1 Å². The van der Waals surface area contributed by atoms with Crippen molar-refractivity contribution < 1.29 is 9.47 Å². The Bertz CT molecular complexity index is 610. The lowest BCUT2D eigenvalue weighted by Crippen LogP contribution is -2.11. The van der Waals surface area contributed by atoms with Crippen molar-refractivity contribution >= 4 is 10.9 Å². The van der Waals surface area contributed by atoms with E-state index in [1.807, 2.05) is 12.1 Å². The van der Waals surface area contributed by atoms with Crippen LogP contribution in [0.25, 0.3) is 10.9 Å². The van der Waals surface area contributed by atoms with E-state index in [9.17, 15) is 0 Å². The average Bonchev–Trinajstić information content (AvgIpc) is 2.81. The number of nitrogens with zero attached hydrogens (tertiary/aromatic N) is 1. The zero-order chi connectivity index (χ0) is 12.7. The van der Waals surface area contributed by atoms with Crippen LogP contribution < -0.4 is 15.2 Å². The minimum Gasteiger partial charge on any atom is -0.454 e. The Hall–Kier alpha value is -1.81. The van der Waals surface area contributed by atoms with Crippen LogP contribution in [-0.4, -0.2) is 18.3 Å². The molecule has 0 radical (unpaired) electrons. The summed E-state index contributed by atoms with van der Waals surface area (Å²) in [6.07, 6.45) is 0. The van der Waals surface area contributed by atoms with E-state index in [2.05, 4.69) is 19.9 Å². The number of rotatable bonds is 2. The van der Waals surface area contributed by atoms with Gasteiger partial charge in [0.25, 0.3) is 0 Å².